The molecule has 0 aromatic heterocycles. The summed E-state index contributed by atoms with van der Waals surface area (Å²) in [5.74, 6) is 0. The number of rotatable bonds is 12. The lowest BCUT2D eigenvalue weighted by Crippen LogP contribution is -2.34. The van der Waals surface area contributed by atoms with E-state index in [2.05, 4.69) is 46.9 Å². The number of aliphatic hydroxyl groups is 1. The predicted molar refractivity (Wildman–Crippen MR) is 144 cm³/mol. The van der Waals surface area contributed by atoms with Crippen LogP contribution in [0, 0.1) is 5.41 Å². The van der Waals surface area contributed by atoms with Crippen LogP contribution in [0.4, 0.5) is 0 Å². The van der Waals surface area contributed by atoms with Gasteiger partial charge in [-0.3, -0.25) is 5.32 Å². The fraction of sp³-hybridized carbons (Fsp3) is 0.960. The van der Waals surface area contributed by atoms with Gasteiger partial charge in [-0.25, -0.2) is 0 Å². The van der Waals surface area contributed by atoms with Gasteiger partial charge in [-0.15, -0.1) is 0 Å². The molecule has 0 radical (unpaired) electrons. The van der Waals surface area contributed by atoms with Gasteiger partial charge in [0.25, 0.3) is 0 Å². The minimum atomic E-state index is -0.375. The molecule has 2 unspecified atom stereocenters. The highest BCUT2D eigenvalue weighted by atomic mass is 16.3. The van der Waals surface area contributed by atoms with Crippen LogP contribution in [0.1, 0.15) is 86.5 Å². The fourth-order valence-corrected chi connectivity index (χ4v) is 2.84. The summed E-state index contributed by atoms with van der Waals surface area (Å²) < 4.78 is 0. The minimum Gasteiger partial charge on any atom is -0.379 e. The third-order valence-electron chi connectivity index (χ3n) is 5.03. The Labute approximate surface area is 201 Å². The Morgan fingerprint density at radius 3 is 1.78 bits per heavy atom. The first kappa shape index (κ1) is 36.0. The molecule has 0 aliphatic carbocycles. The molecule has 0 saturated carbocycles. The predicted octanol–water partition coefficient (Wildman–Crippen LogP) is 3.43. The molecule has 1 saturated heterocycles. The summed E-state index contributed by atoms with van der Waals surface area (Å²) in [6, 6.07) is 1.06. The van der Waals surface area contributed by atoms with E-state index in [1.54, 1.807) is 6.92 Å². The van der Waals surface area contributed by atoms with Gasteiger partial charge in [0.1, 0.15) is 6.23 Å². The maximum absolute atomic E-state index is 8.61. The second-order valence-electron chi connectivity index (χ2n) is 8.81. The molecule has 7 heteroatoms. The van der Waals surface area contributed by atoms with E-state index in [1.807, 2.05) is 35.0 Å². The molecule has 0 amide bonds. The minimum absolute atomic E-state index is 0.375. The molecule has 0 spiro atoms. The Bertz CT molecular complexity index is 350. The van der Waals surface area contributed by atoms with Crippen molar-refractivity contribution in [2.24, 2.45) is 0 Å². The zero-order valence-corrected chi connectivity index (χ0v) is 23.1. The Morgan fingerprint density at radius 2 is 1.47 bits per heavy atom. The van der Waals surface area contributed by atoms with E-state index >= 15 is 0 Å². The van der Waals surface area contributed by atoms with Crippen molar-refractivity contribution in [3.05, 3.63) is 0 Å². The summed E-state index contributed by atoms with van der Waals surface area (Å²) in [7, 11) is 5.91. The lowest BCUT2D eigenvalue weighted by atomic mass is 10.1. The zero-order chi connectivity index (χ0) is 25.2. The zero-order valence-electron chi connectivity index (χ0n) is 23.1. The van der Waals surface area contributed by atoms with E-state index in [0.717, 1.165) is 38.1 Å². The van der Waals surface area contributed by atoms with Crippen LogP contribution >= 0.6 is 0 Å². The first-order chi connectivity index (χ1) is 15.2. The van der Waals surface area contributed by atoms with Crippen molar-refractivity contribution >= 4 is 5.71 Å². The molecule has 0 aromatic rings. The number of likely N-dealkylation sites (N-methyl/N-ethyl adjacent to an activating group) is 1. The summed E-state index contributed by atoms with van der Waals surface area (Å²) >= 11 is 0. The van der Waals surface area contributed by atoms with Gasteiger partial charge < -0.3 is 31.4 Å². The number of hydrogen-bond acceptors (Lipinski definition) is 7. The van der Waals surface area contributed by atoms with Gasteiger partial charge in [0.15, 0.2) is 0 Å². The van der Waals surface area contributed by atoms with E-state index < -0.39 is 0 Å². The van der Waals surface area contributed by atoms with Crippen molar-refractivity contribution < 1.29 is 5.11 Å². The molecular formula is C25H60N6O. The maximum atomic E-state index is 8.61. The molecule has 6 N–H and O–H groups in total. The lowest BCUT2D eigenvalue weighted by molar-refractivity contribution is 0.146. The number of aliphatic hydroxyl groups excluding tert-OH is 1. The SMILES string of the molecule is CC(C)NC(C)O.CCC(C)NC.CCCC(=N)CCNC.CNCCN1CCCCC1. The number of nitrogens with one attached hydrogen (secondary N) is 5. The Morgan fingerprint density at radius 1 is 0.906 bits per heavy atom. The molecule has 0 bridgehead atoms. The number of hydrogen-bond donors (Lipinski definition) is 6. The van der Waals surface area contributed by atoms with E-state index in [9.17, 15) is 0 Å². The van der Waals surface area contributed by atoms with Gasteiger partial charge in [-0.2, -0.15) is 0 Å². The van der Waals surface area contributed by atoms with Gasteiger partial charge >= 0.3 is 0 Å². The highest BCUT2D eigenvalue weighted by Crippen LogP contribution is 2.06. The molecule has 1 heterocycles. The van der Waals surface area contributed by atoms with Crippen molar-refractivity contribution in [2.75, 3.05) is 53.9 Å². The summed E-state index contributed by atoms with van der Waals surface area (Å²) in [6.07, 6.45) is 8.06. The number of piperidine rings is 1. The largest absolute Gasteiger partial charge is 0.379 e. The lowest BCUT2D eigenvalue weighted by Gasteiger charge is -2.25. The smallest absolute Gasteiger partial charge is 0.102 e. The van der Waals surface area contributed by atoms with E-state index in [-0.39, 0.29) is 6.23 Å². The molecule has 2 atom stereocenters. The Balaban J connectivity index is -0.000000358. The van der Waals surface area contributed by atoms with E-state index in [0.29, 0.717) is 12.1 Å². The van der Waals surface area contributed by atoms with Gasteiger partial charge in [0, 0.05) is 37.4 Å². The number of nitrogens with zero attached hydrogens (tertiary/aromatic N) is 1. The summed E-state index contributed by atoms with van der Waals surface area (Å²) in [4.78, 5) is 2.54. The van der Waals surface area contributed by atoms with Crippen LogP contribution in [0.3, 0.4) is 0 Å². The Hall–Kier alpha value is -0.570. The van der Waals surface area contributed by atoms with Crippen LogP contribution < -0.4 is 21.3 Å². The van der Waals surface area contributed by atoms with Crippen molar-refractivity contribution in [3.8, 4) is 0 Å². The normalized spacial score (nSPS) is 15.3. The van der Waals surface area contributed by atoms with Crippen molar-refractivity contribution in [2.45, 2.75) is 105 Å². The van der Waals surface area contributed by atoms with Gasteiger partial charge in [0.05, 0.1) is 0 Å². The molecule has 7 nitrogen and oxygen atoms in total. The average Bonchev–Trinajstić information content (AvgIpc) is 2.77. The highest BCUT2D eigenvalue weighted by Gasteiger charge is 2.07. The summed E-state index contributed by atoms with van der Waals surface area (Å²) in [6.45, 7) is 18.1. The van der Waals surface area contributed by atoms with Crippen molar-refractivity contribution in [3.63, 3.8) is 0 Å². The van der Waals surface area contributed by atoms with E-state index in [4.69, 9.17) is 10.5 Å². The van der Waals surface area contributed by atoms with Crippen molar-refractivity contribution in [1.29, 1.82) is 5.41 Å². The summed E-state index contributed by atoms with van der Waals surface area (Å²) in [5, 5.41) is 28.1. The average molecular weight is 461 g/mol. The fourth-order valence-electron chi connectivity index (χ4n) is 2.84. The molecule has 1 fully saturated rings. The second-order valence-corrected chi connectivity index (χ2v) is 8.81. The molecule has 1 aliphatic rings. The van der Waals surface area contributed by atoms with Gasteiger partial charge in [-0.05, 0) is 94.0 Å². The van der Waals surface area contributed by atoms with Crippen LogP contribution in [-0.2, 0) is 0 Å². The maximum Gasteiger partial charge on any atom is 0.102 e. The monoisotopic (exact) mass is 460 g/mol. The molecule has 1 aliphatic heterocycles. The Kier molecular flexibility index (Phi) is 32.0. The third kappa shape index (κ3) is 34.1. The second kappa shape index (κ2) is 28.5. The van der Waals surface area contributed by atoms with E-state index in [1.165, 1.54) is 45.3 Å². The van der Waals surface area contributed by atoms with Gasteiger partial charge in [-0.1, -0.05) is 26.7 Å². The standard InChI is InChI=1S/C8H18N2.C7H16N2.C5H13NO.C5H13N/c1-9-5-8-10-6-3-2-4-7-10;1-3-4-7(8)5-6-9-2;1-4(2)6-5(3)7;1-4-5(2)6-3/h9H,2-8H2,1H3;8-9H,3-6H2,1-2H3;4-7H,1-3H3;5-6H,4H2,1-3H3. The molecule has 1 rings (SSSR count). The quantitative estimate of drug-likeness (QED) is 0.197. The van der Waals surface area contributed by atoms with Crippen LogP contribution in [-0.4, -0.2) is 87.9 Å². The topological polar surface area (TPSA) is 95.4 Å². The molecule has 32 heavy (non-hydrogen) atoms. The van der Waals surface area contributed by atoms with Crippen LogP contribution in [0.15, 0.2) is 0 Å². The third-order valence-corrected chi connectivity index (χ3v) is 5.03. The highest BCUT2D eigenvalue weighted by molar-refractivity contribution is 5.81. The van der Waals surface area contributed by atoms with Crippen LogP contribution in [0.2, 0.25) is 0 Å². The van der Waals surface area contributed by atoms with Gasteiger partial charge in [0.2, 0.25) is 0 Å². The number of likely N-dealkylation sites (tertiary alicyclic amines) is 1. The van der Waals surface area contributed by atoms with Crippen LogP contribution in [0.25, 0.3) is 0 Å². The van der Waals surface area contributed by atoms with Crippen molar-refractivity contribution in [1.82, 2.24) is 26.2 Å². The molecule has 0 aromatic carbocycles. The summed E-state index contributed by atoms with van der Waals surface area (Å²) in [5.41, 5.74) is 0.867. The first-order valence-corrected chi connectivity index (χ1v) is 12.9. The molecule has 196 valence electrons. The first-order valence-electron chi connectivity index (χ1n) is 12.9. The van der Waals surface area contributed by atoms with Crippen LogP contribution in [0.5, 0.6) is 0 Å². The molecular weight excluding hydrogens is 400 g/mol.